The summed E-state index contributed by atoms with van der Waals surface area (Å²) in [5.41, 5.74) is -2.63. The van der Waals surface area contributed by atoms with Crippen molar-refractivity contribution >= 4 is 16.1 Å². The van der Waals surface area contributed by atoms with Crippen LogP contribution in [0.25, 0.3) is 0 Å². The average molecular weight is 631 g/mol. The third kappa shape index (κ3) is 15.7. The first-order valence-corrected chi connectivity index (χ1v) is 16.9. The first-order valence-electron chi connectivity index (χ1n) is 15.4. The molecule has 0 aliphatic carbocycles. The highest BCUT2D eigenvalue weighted by Gasteiger charge is 2.50. The van der Waals surface area contributed by atoms with Crippen molar-refractivity contribution in [1.29, 1.82) is 0 Å². The van der Waals surface area contributed by atoms with Gasteiger partial charge in [0.25, 0.3) is 10.1 Å². The topological polar surface area (TPSA) is 210 Å². The van der Waals surface area contributed by atoms with Crippen molar-refractivity contribution in [2.45, 2.75) is 159 Å². The number of carbonyl (C=O) groups is 1. The molecule has 1 aliphatic rings. The Hall–Kier alpha value is -0.940. The number of carbonyl (C=O) groups excluding carboxylic acids is 1. The monoisotopic (exact) mass is 630 g/mol. The molecular weight excluding hydrogens is 576 g/mol. The smallest absolute Gasteiger partial charge is 0.306 e. The van der Waals surface area contributed by atoms with Gasteiger partial charge < -0.3 is 44.5 Å². The Morgan fingerprint density at radius 2 is 1.33 bits per heavy atom. The highest BCUT2D eigenvalue weighted by molar-refractivity contribution is 7.86. The molecule has 0 aromatic rings. The van der Waals surface area contributed by atoms with Crippen molar-refractivity contribution in [2.75, 3.05) is 13.2 Å². The van der Waals surface area contributed by atoms with Gasteiger partial charge in [-0.2, -0.15) is 8.42 Å². The van der Waals surface area contributed by atoms with Gasteiger partial charge in [0.15, 0.2) is 12.6 Å². The summed E-state index contributed by atoms with van der Waals surface area (Å²) in [6, 6.07) is 0. The van der Waals surface area contributed by atoms with Crippen LogP contribution in [0.2, 0.25) is 0 Å². The van der Waals surface area contributed by atoms with Crippen molar-refractivity contribution in [1.82, 2.24) is 0 Å². The van der Waals surface area contributed by atoms with Crippen molar-refractivity contribution in [3.8, 4) is 0 Å². The lowest BCUT2D eigenvalue weighted by Gasteiger charge is -2.41. The second-order valence-corrected chi connectivity index (χ2v) is 12.5. The summed E-state index contributed by atoms with van der Waals surface area (Å²) in [4.78, 5) is 12.5. The SMILES string of the molecule is CCCCCCCCCCCC(=O)O[C@H](COC(O)CCCCCC)CO[C@@H]1O[C@H]([C@@H](O)S(=O)(=O)O)[C@@H](O)[C@H](O)[C@H]1O. The molecule has 1 fully saturated rings. The summed E-state index contributed by atoms with van der Waals surface area (Å²) < 4.78 is 53.4. The minimum absolute atomic E-state index is 0.155. The fourth-order valence-corrected chi connectivity index (χ4v) is 5.17. The third-order valence-electron chi connectivity index (χ3n) is 7.20. The minimum atomic E-state index is -5.09. The largest absolute Gasteiger partial charge is 0.457 e. The quantitative estimate of drug-likeness (QED) is 0.0391. The van der Waals surface area contributed by atoms with Gasteiger partial charge >= 0.3 is 5.97 Å². The molecule has 0 spiro atoms. The fourth-order valence-electron chi connectivity index (χ4n) is 4.61. The molecule has 0 saturated carbocycles. The molecule has 1 aliphatic heterocycles. The molecule has 6 N–H and O–H groups in total. The molecule has 1 saturated heterocycles. The van der Waals surface area contributed by atoms with E-state index in [4.69, 9.17) is 23.5 Å². The van der Waals surface area contributed by atoms with E-state index in [0.29, 0.717) is 12.8 Å². The Balaban J connectivity index is 2.68. The summed E-state index contributed by atoms with van der Waals surface area (Å²) in [5, 5.41) is 50.5. The van der Waals surface area contributed by atoms with E-state index in [-0.39, 0.29) is 13.0 Å². The van der Waals surface area contributed by atoms with E-state index in [1.54, 1.807) is 0 Å². The van der Waals surface area contributed by atoms with Crippen LogP contribution < -0.4 is 0 Å². The molecule has 0 aromatic heterocycles. The van der Waals surface area contributed by atoms with Crippen LogP contribution >= 0.6 is 0 Å². The van der Waals surface area contributed by atoms with Crippen molar-refractivity contribution < 1.29 is 62.2 Å². The number of rotatable bonds is 24. The molecule has 1 unspecified atom stereocenters. The maximum absolute atomic E-state index is 12.5. The van der Waals surface area contributed by atoms with Gasteiger partial charge in [-0.1, -0.05) is 84.5 Å². The molecule has 1 heterocycles. The predicted molar refractivity (Wildman–Crippen MR) is 153 cm³/mol. The van der Waals surface area contributed by atoms with E-state index in [9.17, 15) is 38.7 Å². The van der Waals surface area contributed by atoms with Crippen LogP contribution in [-0.4, -0.2) is 106 Å². The average Bonchev–Trinajstić information content (AvgIpc) is 2.94. The maximum Gasteiger partial charge on any atom is 0.306 e. The second-order valence-electron chi connectivity index (χ2n) is 11.0. The first-order chi connectivity index (χ1) is 19.9. The van der Waals surface area contributed by atoms with Crippen LogP contribution in [0.5, 0.6) is 0 Å². The number of hydrogen-bond acceptors (Lipinski definition) is 12. The van der Waals surface area contributed by atoms with Gasteiger partial charge in [0.2, 0.25) is 5.44 Å². The maximum atomic E-state index is 12.5. The van der Waals surface area contributed by atoms with Crippen LogP contribution in [0.15, 0.2) is 0 Å². The van der Waals surface area contributed by atoms with Crippen molar-refractivity contribution in [2.24, 2.45) is 0 Å². The van der Waals surface area contributed by atoms with Crippen molar-refractivity contribution in [3.63, 3.8) is 0 Å². The number of esters is 1. The molecule has 0 amide bonds. The molecule has 14 heteroatoms. The zero-order valence-electron chi connectivity index (χ0n) is 25.1. The number of hydrogen-bond donors (Lipinski definition) is 6. The number of ether oxygens (including phenoxy) is 4. The predicted octanol–water partition coefficient (Wildman–Crippen LogP) is 2.15. The van der Waals surface area contributed by atoms with Gasteiger partial charge in [-0.15, -0.1) is 0 Å². The number of aliphatic hydroxyl groups is 5. The van der Waals surface area contributed by atoms with Crippen molar-refractivity contribution in [3.05, 3.63) is 0 Å². The molecule has 250 valence electrons. The van der Waals surface area contributed by atoms with E-state index in [0.717, 1.165) is 44.9 Å². The second kappa shape index (κ2) is 21.7. The fraction of sp³-hybridized carbons (Fsp3) is 0.964. The summed E-state index contributed by atoms with van der Waals surface area (Å²) in [5.74, 6) is -0.521. The Morgan fingerprint density at radius 3 is 1.90 bits per heavy atom. The van der Waals surface area contributed by atoms with Gasteiger partial charge in [-0.25, -0.2) is 0 Å². The number of aliphatic hydroxyl groups excluding tert-OH is 5. The van der Waals surface area contributed by atoms with E-state index < -0.39 is 71.2 Å². The molecule has 0 bridgehead atoms. The number of unbranched alkanes of at least 4 members (excludes halogenated alkanes) is 11. The Bertz CT molecular complexity index is 812. The molecule has 42 heavy (non-hydrogen) atoms. The summed E-state index contributed by atoms with van der Waals surface area (Å²) >= 11 is 0. The lowest BCUT2D eigenvalue weighted by Crippen LogP contribution is -2.62. The van der Waals surface area contributed by atoms with Gasteiger partial charge in [0.1, 0.15) is 30.5 Å². The van der Waals surface area contributed by atoms with Crippen LogP contribution in [0.1, 0.15) is 110 Å². The Morgan fingerprint density at radius 1 is 0.786 bits per heavy atom. The lowest BCUT2D eigenvalue weighted by molar-refractivity contribution is -0.309. The summed E-state index contributed by atoms with van der Waals surface area (Å²) in [6.07, 6.45) is 2.08. The molecule has 13 nitrogen and oxygen atoms in total. The molecule has 0 aromatic carbocycles. The van der Waals surface area contributed by atoms with Gasteiger partial charge in [0.05, 0.1) is 13.2 Å². The van der Waals surface area contributed by atoms with Crippen LogP contribution in [0.4, 0.5) is 0 Å². The molecular formula is C28H54O13S. The first kappa shape index (κ1) is 39.1. The van der Waals surface area contributed by atoms with E-state index in [1.165, 1.54) is 32.1 Å². The van der Waals surface area contributed by atoms with Gasteiger partial charge in [-0.3, -0.25) is 9.35 Å². The molecule has 8 atom stereocenters. The van der Waals surface area contributed by atoms with Crippen LogP contribution in [0.3, 0.4) is 0 Å². The standard InChI is InChI=1S/C28H54O13S/c1-3-5-7-9-10-11-12-13-15-17-22(30)40-20(18-38-21(29)16-14-8-6-4-2)19-39-28-25(33)23(31)24(32)26(41-28)27(34)42(35,36)37/h20-21,23-29,31-34H,3-19H2,1-2H3,(H,35,36,37)/t20-,21?,23+,24+,25-,26+,27+,28-/m1/s1. The van der Waals surface area contributed by atoms with E-state index in [1.807, 2.05) is 0 Å². The lowest BCUT2D eigenvalue weighted by atomic mass is 9.99. The highest BCUT2D eigenvalue weighted by atomic mass is 32.2. The molecule has 1 rings (SSSR count). The minimum Gasteiger partial charge on any atom is -0.457 e. The molecule has 0 radical (unpaired) electrons. The Kier molecular flexibility index (Phi) is 20.2. The van der Waals surface area contributed by atoms with E-state index >= 15 is 0 Å². The zero-order chi connectivity index (χ0) is 31.5. The third-order valence-corrected chi connectivity index (χ3v) is 8.08. The Labute approximate surface area is 250 Å². The van der Waals surface area contributed by atoms with Crippen LogP contribution in [0, 0.1) is 0 Å². The van der Waals surface area contributed by atoms with Gasteiger partial charge in [0, 0.05) is 6.42 Å². The summed E-state index contributed by atoms with van der Waals surface area (Å²) in [7, 11) is -5.09. The zero-order valence-corrected chi connectivity index (χ0v) is 25.9. The highest BCUT2D eigenvalue weighted by Crippen LogP contribution is 2.26. The van der Waals surface area contributed by atoms with Crippen LogP contribution in [-0.2, 0) is 33.9 Å². The summed E-state index contributed by atoms with van der Waals surface area (Å²) in [6.45, 7) is 3.53. The van der Waals surface area contributed by atoms with Gasteiger partial charge in [-0.05, 0) is 19.3 Å². The van der Waals surface area contributed by atoms with E-state index in [2.05, 4.69) is 13.8 Å². The normalized spacial score (nSPS) is 25.2.